The van der Waals surface area contributed by atoms with E-state index in [1.54, 1.807) is 0 Å². The van der Waals surface area contributed by atoms with E-state index in [9.17, 15) is 0 Å². The zero-order chi connectivity index (χ0) is 67.5. The minimum Gasteiger partial charge on any atom is -0.449 e. The topological polar surface area (TPSA) is 31.4 Å². The number of fused-ring (bicyclic) bond motifs is 10. The van der Waals surface area contributed by atoms with E-state index in [2.05, 4.69) is 402 Å². The Kier molecular flexibility index (Phi) is 14.9. The average Bonchev–Trinajstić information content (AvgIpc) is 0.756. The Labute approximate surface area is 593 Å². The van der Waals surface area contributed by atoms with Crippen LogP contribution in [0.5, 0.6) is 23.0 Å². The van der Waals surface area contributed by atoms with Crippen molar-refractivity contribution in [2.24, 2.45) is 5.92 Å². The average molecular weight is 1310 g/mol. The van der Waals surface area contributed by atoms with E-state index in [1.807, 2.05) is 6.07 Å². The fraction of sp³-hybridized carbons (Fsp3) is 0.0208. The van der Waals surface area contributed by atoms with Crippen molar-refractivity contribution in [2.45, 2.75) is 6.04 Å². The van der Waals surface area contributed by atoms with Crippen molar-refractivity contribution in [2.75, 3.05) is 19.6 Å². The van der Waals surface area contributed by atoms with Crippen LogP contribution in [0.2, 0.25) is 0 Å². The number of hydrogen-bond acceptors (Lipinski definition) is 6. The number of hydrogen-bond donors (Lipinski definition) is 0. The first-order chi connectivity index (χ1) is 50.6. The summed E-state index contributed by atoms with van der Waals surface area (Å²) in [5.41, 5.74) is 17.2. The summed E-state index contributed by atoms with van der Waals surface area (Å²) < 4.78 is 14.0. The third kappa shape index (κ3) is 10.8. The molecule has 0 fully saturated rings. The molecule has 16 aromatic rings. The summed E-state index contributed by atoms with van der Waals surface area (Å²) in [4.78, 5) is 9.58. The molecule has 16 aromatic carbocycles. The van der Waals surface area contributed by atoms with Crippen molar-refractivity contribution in [3.63, 3.8) is 0 Å². The molecule has 482 valence electrons. The Hall–Kier alpha value is -13.4. The number of para-hydroxylation sites is 3. The summed E-state index contributed by atoms with van der Waals surface area (Å²) >= 11 is 0. The van der Waals surface area contributed by atoms with E-state index in [-0.39, 0.29) is 12.0 Å². The number of ether oxygens (including phenoxy) is 2. The molecule has 0 N–H and O–H groups in total. The Bertz CT molecular complexity index is 6040. The van der Waals surface area contributed by atoms with Crippen LogP contribution >= 0.6 is 0 Å². The highest BCUT2D eigenvalue weighted by atomic mass is 16.6. The van der Waals surface area contributed by atoms with Gasteiger partial charge in [-0.15, -0.1) is 0 Å². The van der Waals surface area contributed by atoms with Gasteiger partial charge in [-0.2, -0.15) is 0 Å². The number of anilines is 11. The minimum absolute atomic E-state index is 0.124. The first kappa shape index (κ1) is 59.8. The Balaban J connectivity index is 0.685. The van der Waals surface area contributed by atoms with Crippen molar-refractivity contribution >= 4 is 116 Å². The molecule has 0 amide bonds. The summed E-state index contributed by atoms with van der Waals surface area (Å²) in [6.45, 7) is 0. The molecule has 2 atom stereocenters. The molecule has 0 radical (unpaired) electrons. The smallest absolute Gasteiger partial charge is 0.172 e. The van der Waals surface area contributed by atoms with Crippen LogP contribution in [0, 0.1) is 5.92 Å². The molecule has 1 heterocycles. The van der Waals surface area contributed by atoms with Crippen molar-refractivity contribution < 1.29 is 9.47 Å². The summed E-state index contributed by atoms with van der Waals surface area (Å²) in [6, 6.07) is 125. The van der Waals surface area contributed by atoms with Crippen LogP contribution < -0.4 is 29.1 Å². The molecule has 0 bridgehead atoms. The van der Waals surface area contributed by atoms with Gasteiger partial charge < -0.3 is 29.1 Å². The lowest BCUT2D eigenvalue weighted by molar-refractivity contribution is 0.360. The molecule has 19 rings (SSSR count). The third-order valence-electron chi connectivity index (χ3n) is 20.3. The lowest BCUT2D eigenvalue weighted by Gasteiger charge is -2.38. The van der Waals surface area contributed by atoms with Gasteiger partial charge >= 0.3 is 0 Å². The zero-order valence-corrected chi connectivity index (χ0v) is 55.7. The highest BCUT2D eigenvalue weighted by molar-refractivity contribution is 6.16. The van der Waals surface area contributed by atoms with E-state index in [0.717, 1.165) is 112 Å². The van der Waals surface area contributed by atoms with Gasteiger partial charge in [0, 0.05) is 68.3 Å². The van der Waals surface area contributed by atoms with Crippen molar-refractivity contribution in [1.29, 1.82) is 0 Å². The van der Waals surface area contributed by atoms with Crippen molar-refractivity contribution in [3.05, 3.63) is 394 Å². The summed E-state index contributed by atoms with van der Waals surface area (Å²) in [5.74, 6) is 2.76. The zero-order valence-electron chi connectivity index (χ0n) is 55.7. The van der Waals surface area contributed by atoms with Crippen LogP contribution in [0.4, 0.5) is 62.6 Å². The number of rotatable bonds is 14. The fourth-order valence-electron chi connectivity index (χ4n) is 15.6. The molecule has 0 spiro atoms. The number of nitrogens with zero attached hydrogens (tertiary/aromatic N) is 4. The van der Waals surface area contributed by atoms with Gasteiger partial charge in [0.2, 0.25) is 0 Å². The lowest BCUT2D eigenvalue weighted by atomic mass is 9.83. The van der Waals surface area contributed by atoms with Crippen LogP contribution in [-0.2, 0) is 0 Å². The first-order valence-corrected chi connectivity index (χ1v) is 34.9. The van der Waals surface area contributed by atoms with Crippen LogP contribution in [0.15, 0.2) is 394 Å². The van der Waals surface area contributed by atoms with Gasteiger partial charge in [-0.05, 0) is 187 Å². The van der Waals surface area contributed by atoms with Crippen LogP contribution in [0.1, 0.15) is 0 Å². The predicted molar refractivity (Wildman–Crippen MR) is 427 cm³/mol. The Morgan fingerprint density at radius 1 is 0.235 bits per heavy atom. The first-order valence-electron chi connectivity index (χ1n) is 34.9. The molecule has 2 aliphatic carbocycles. The molecule has 6 nitrogen and oxygen atoms in total. The molecule has 0 aromatic heterocycles. The summed E-state index contributed by atoms with van der Waals surface area (Å²) in [6.07, 6.45) is 15.7. The maximum Gasteiger partial charge on any atom is 0.172 e. The fourth-order valence-corrected chi connectivity index (χ4v) is 15.6. The highest BCUT2D eigenvalue weighted by Crippen LogP contribution is 2.53. The van der Waals surface area contributed by atoms with Crippen LogP contribution in [-0.4, -0.2) is 6.04 Å². The second kappa shape index (κ2) is 25.5. The Morgan fingerprint density at radius 3 is 1.22 bits per heavy atom. The Morgan fingerprint density at radius 2 is 0.647 bits per heavy atom. The monoisotopic (exact) mass is 1310 g/mol. The lowest BCUT2D eigenvalue weighted by Crippen LogP contribution is -2.37. The largest absolute Gasteiger partial charge is 0.449 e. The molecular formula is C96H66N4O2. The molecule has 0 saturated heterocycles. The predicted octanol–water partition coefficient (Wildman–Crippen LogP) is 26.8. The normalized spacial score (nSPS) is 14.2. The van der Waals surface area contributed by atoms with Gasteiger partial charge in [0.15, 0.2) is 23.0 Å². The molecule has 3 aliphatic rings. The molecule has 1 aliphatic heterocycles. The van der Waals surface area contributed by atoms with E-state index in [1.165, 1.54) is 32.5 Å². The summed E-state index contributed by atoms with van der Waals surface area (Å²) in [7, 11) is 0. The standard InChI is InChI=1S/C96H66N4O2/c1-4-30-73(31-5-1)97(89-45-23-28-67-24-10-16-39-83(67)89)76-50-46-65(47-51-76)66-48-52-77(53-49-66)98(74-32-6-2-7-33-74)90-62-72(58-69-25-13-17-40-84(69)90)68-29-22-36-78(59-68)100(92-61-71-27-12-15-38-82(71)86-42-19-21-44-88(86)92)80-55-57-94-96(64-80)102-93-56-54-79(63-95(93)101-94)99(75-34-8-3-9-35-75)91-60-70-26-11-14-37-81(70)85-41-18-20-43-87(85)91/h1-64,83,89H. The third-order valence-corrected chi connectivity index (χ3v) is 20.3. The molecule has 0 saturated carbocycles. The van der Waals surface area contributed by atoms with Gasteiger partial charge in [-0.3, -0.25) is 0 Å². The maximum atomic E-state index is 7.02. The maximum absolute atomic E-state index is 7.02. The second-order valence-electron chi connectivity index (χ2n) is 26.3. The van der Waals surface area contributed by atoms with Crippen LogP contribution in [0.3, 0.4) is 0 Å². The molecule has 102 heavy (non-hydrogen) atoms. The van der Waals surface area contributed by atoms with Crippen molar-refractivity contribution in [1.82, 2.24) is 0 Å². The van der Waals surface area contributed by atoms with Crippen LogP contribution in [0.25, 0.3) is 76.1 Å². The second-order valence-corrected chi connectivity index (χ2v) is 26.3. The SMILES string of the molecule is C1=CC2=CC=CC(N(c3ccccc3)c3ccc(-c4ccc(N(c5ccccc5)c5cc(-c6cccc(N(c7ccc8c(c7)Oc7ccc(N(c9ccccc9)c9cc%10ccccc%10c%10ccccc9%10)cc7O8)c7cc8ccccc8c8ccccc78)c6)cc6ccccc56)cc4)cc3)C2C=C1. The number of allylic oxidation sites excluding steroid dienone is 5. The quantitative estimate of drug-likeness (QED) is 0.101. The number of benzene rings is 16. The van der Waals surface area contributed by atoms with E-state index in [0.29, 0.717) is 23.0 Å². The summed E-state index contributed by atoms with van der Waals surface area (Å²) in [5, 5.41) is 11.7. The van der Waals surface area contributed by atoms with Gasteiger partial charge in [0.25, 0.3) is 0 Å². The molecule has 2 unspecified atom stereocenters. The van der Waals surface area contributed by atoms with Gasteiger partial charge in [0.05, 0.1) is 34.5 Å². The van der Waals surface area contributed by atoms with Gasteiger partial charge in [-0.25, -0.2) is 0 Å². The van der Waals surface area contributed by atoms with Gasteiger partial charge in [-0.1, -0.05) is 255 Å². The van der Waals surface area contributed by atoms with Gasteiger partial charge in [0.1, 0.15) is 0 Å². The van der Waals surface area contributed by atoms with Crippen molar-refractivity contribution in [3.8, 4) is 45.3 Å². The molecular weight excluding hydrogens is 1240 g/mol. The van der Waals surface area contributed by atoms with E-state index in [4.69, 9.17) is 9.47 Å². The highest BCUT2D eigenvalue weighted by Gasteiger charge is 2.31. The van der Waals surface area contributed by atoms with E-state index < -0.39 is 0 Å². The van der Waals surface area contributed by atoms with E-state index >= 15 is 0 Å². The molecule has 6 heteroatoms. The minimum atomic E-state index is 0.124.